The average Bonchev–Trinajstić information content (AvgIpc) is 2.75. The van der Waals surface area contributed by atoms with Crippen LogP contribution < -0.4 is 10.2 Å². The van der Waals surface area contributed by atoms with E-state index < -0.39 is 0 Å². The number of morpholine rings is 1. The molecule has 0 amide bonds. The Morgan fingerprint density at radius 3 is 2.32 bits per heavy atom. The normalized spacial score (nSPS) is 14.3. The molecule has 0 bridgehead atoms. The van der Waals surface area contributed by atoms with Gasteiger partial charge in [-0.15, -0.1) is 0 Å². The highest BCUT2D eigenvalue weighted by Gasteiger charge is 2.16. The average molecular weight is 374 g/mol. The first-order valence-corrected chi connectivity index (χ1v) is 9.83. The van der Waals surface area contributed by atoms with Gasteiger partial charge < -0.3 is 15.0 Å². The first kappa shape index (κ1) is 18.4. The molecular weight excluding hydrogens is 348 g/mol. The number of nitrogens with one attached hydrogen (secondary N) is 1. The molecule has 0 radical (unpaired) electrons. The van der Waals surface area contributed by atoms with Crippen LogP contribution >= 0.6 is 0 Å². The smallest absolute Gasteiger partial charge is 0.229 e. The van der Waals surface area contributed by atoms with Crippen LogP contribution in [0, 0.1) is 0 Å². The Labute approximate surface area is 166 Å². The molecule has 1 fully saturated rings. The third-order valence-electron chi connectivity index (χ3n) is 4.95. The van der Waals surface area contributed by atoms with Gasteiger partial charge >= 0.3 is 0 Å². The second-order valence-electron chi connectivity index (χ2n) is 7.30. The third-order valence-corrected chi connectivity index (χ3v) is 4.95. The van der Waals surface area contributed by atoms with E-state index in [0.29, 0.717) is 11.9 Å². The van der Waals surface area contributed by atoms with Crippen molar-refractivity contribution in [1.82, 2.24) is 9.97 Å². The van der Waals surface area contributed by atoms with Crippen molar-refractivity contribution in [3.05, 3.63) is 66.2 Å². The summed E-state index contributed by atoms with van der Waals surface area (Å²) in [7, 11) is 0. The van der Waals surface area contributed by atoms with Crippen LogP contribution in [0.5, 0.6) is 0 Å². The van der Waals surface area contributed by atoms with E-state index in [1.165, 1.54) is 5.56 Å². The van der Waals surface area contributed by atoms with E-state index in [0.717, 1.165) is 49.1 Å². The van der Waals surface area contributed by atoms with E-state index in [2.05, 4.69) is 66.5 Å². The van der Waals surface area contributed by atoms with Gasteiger partial charge in [-0.3, -0.25) is 0 Å². The highest BCUT2D eigenvalue weighted by Crippen LogP contribution is 2.26. The van der Waals surface area contributed by atoms with Crippen LogP contribution in [0.15, 0.2) is 60.7 Å². The molecular formula is C23H26N4O. The second-order valence-corrected chi connectivity index (χ2v) is 7.30. The number of hydrogen-bond donors (Lipinski definition) is 1. The molecule has 0 saturated carbocycles. The van der Waals surface area contributed by atoms with Crippen molar-refractivity contribution in [2.45, 2.75) is 19.8 Å². The number of benzene rings is 2. The minimum atomic E-state index is 0.514. The van der Waals surface area contributed by atoms with Crippen LogP contribution in [0.25, 0.3) is 11.3 Å². The van der Waals surface area contributed by atoms with Gasteiger partial charge in [0.25, 0.3) is 0 Å². The number of rotatable bonds is 5. The summed E-state index contributed by atoms with van der Waals surface area (Å²) < 4.78 is 5.49. The molecule has 2 aromatic carbocycles. The van der Waals surface area contributed by atoms with Gasteiger partial charge in [0.1, 0.15) is 5.82 Å². The summed E-state index contributed by atoms with van der Waals surface area (Å²) in [5, 5.41) is 3.38. The number of nitrogens with zero attached hydrogens (tertiary/aromatic N) is 3. The molecule has 4 rings (SSSR count). The van der Waals surface area contributed by atoms with Gasteiger partial charge in [0, 0.05) is 30.4 Å². The van der Waals surface area contributed by atoms with E-state index in [4.69, 9.17) is 14.7 Å². The lowest BCUT2D eigenvalue weighted by Crippen LogP contribution is -2.36. The minimum Gasteiger partial charge on any atom is -0.378 e. The van der Waals surface area contributed by atoms with Crippen LogP contribution in [0.1, 0.15) is 25.3 Å². The van der Waals surface area contributed by atoms with E-state index in [1.54, 1.807) is 0 Å². The van der Waals surface area contributed by atoms with Crippen molar-refractivity contribution < 1.29 is 4.74 Å². The Morgan fingerprint density at radius 1 is 0.929 bits per heavy atom. The maximum atomic E-state index is 5.49. The summed E-state index contributed by atoms with van der Waals surface area (Å²) in [4.78, 5) is 11.8. The van der Waals surface area contributed by atoms with Crippen molar-refractivity contribution in [2.75, 3.05) is 36.5 Å². The second kappa shape index (κ2) is 8.40. The Balaban J connectivity index is 1.66. The Hall–Kier alpha value is -2.92. The maximum absolute atomic E-state index is 5.49. The number of anilines is 3. The zero-order valence-electron chi connectivity index (χ0n) is 16.4. The van der Waals surface area contributed by atoms with Crippen molar-refractivity contribution >= 4 is 17.5 Å². The Kier molecular flexibility index (Phi) is 5.53. The van der Waals surface area contributed by atoms with Gasteiger partial charge in [-0.25, -0.2) is 4.98 Å². The zero-order chi connectivity index (χ0) is 19.3. The first-order valence-electron chi connectivity index (χ1n) is 9.83. The van der Waals surface area contributed by atoms with Gasteiger partial charge in [-0.05, 0) is 23.6 Å². The molecule has 0 unspecified atom stereocenters. The van der Waals surface area contributed by atoms with Crippen LogP contribution in [-0.4, -0.2) is 36.3 Å². The van der Waals surface area contributed by atoms with Gasteiger partial charge in [-0.1, -0.05) is 56.3 Å². The highest BCUT2D eigenvalue weighted by atomic mass is 16.5. The summed E-state index contributed by atoms with van der Waals surface area (Å²) in [6.07, 6.45) is 0. The molecule has 1 aliphatic rings. The predicted octanol–water partition coefficient (Wildman–Crippen LogP) is 4.85. The lowest BCUT2D eigenvalue weighted by atomic mass is 10.0. The monoisotopic (exact) mass is 374 g/mol. The zero-order valence-corrected chi connectivity index (χ0v) is 16.4. The predicted molar refractivity (Wildman–Crippen MR) is 114 cm³/mol. The molecule has 1 saturated heterocycles. The minimum absolute atomic E-state index is 0.514. The Morgan fingerprint density at radius 2 is 1.64 bits per heavy atom. The van der Waals surface area contributed by atoms with Crippen molar-refractivity contribution in [3.63, 3.8) is 0 Å². The molecule has 2 heterocycles. The summed E-state index contributed by atoms with van der Waals surface area (Å²) in [5.41, 5.74) is 4.30. The number of hydrogen-bond acceptors (Lipinski definition) is 5. The van der Waals surface area contributed by atoms with Crippen LogP contribution in [0.3, 0.4) is 0 Å². The summed E-state index contributed by atoms with van der Waals surface area (Å²) in [6, 6.07) is 20.8. The van der Waals surface area contributed by atoms with Gasteiger partial charge in [0.05, 0.1) is 18.9 Å². The van der Waals surface area contributed by atoms with Crippen molar-refractivity contribution in [1.29, 1.82) is 0 Å². The molecule has 0 spiro atoms. The SMILES string of the molecule is CC(C)c1ccc(Nc2nc(-c3ccccc3)cc(N3CCOCC3)n2)cc1. The molecule has 28 heavy (non-hydrogen) atoms. The third kappa shape index (κ3) is 4.31. The highest BCUT2D eigenvalue weighted by molar-refractivity contribution is 5.66. The molecule has 3 aromatic rings. The maximum Gasteiger partial charge on any atom is 0.229 e. The topological polar surface area (TPSA) is 50.3 Å². The van der Waals surface area contributed by atoms with Crippen LogP contribution in [-0.2, 0) is 4.74 Å². The lowest BCUT2D eigenvalue weighted by molar-refractivity contribution is 0.122. The van der Waals surface area contributed by atoms with Gasteiger partial charge in [0.15, 0.2) is 0 Å². The largest absolute Gasteiger partial charge is 0.378 e. The molecule has 1 aromatic heterocycles. The molecule has 0 atom stereocenters. The summed E-state index contributed by atoms with van der Waals surface area (Å²) >= 11 is 0. The fraction of sp³-hybridized carbons (Fsp3) is 0.304. The summed E-state index contributed by atoms with van der Waals surface area (Å²) in [6.45, 7) is 7.53. The number of ether oxygens (including phenoxy) is 1. The molecule has 5 heteroatoms. The molecule has 1 aliphatic heterocycles. The molecule has 0 aliphatic carbocycles. The first-order chi connectivity index (χ1) is 13.7. The van der Waals surface area contributed by atoms with Crippen LogP contribution in [0.2, 0.25) is 0 Å². The van der Waals surface area contributed by atoms with Crippen molar-refractivity contribution in [3.8, 4) is 11.3 Å². The molecule has 144 valence electrons. The quantitative estimate of drug-likeness (QED) is 0.692. The lowest BCUT2D eigenvalue weighted by Gasteiger charge is -2.28. The van der Waals surface area contributed by atoms with Crippen molar-refractivity contribution in [2.24, 2.45) is 0 Å². The van der Waals surface area contributed by atoms with E-state index >= 15 is 0 Å². The Bertz CT molecular complexity index is 904. The molecule has 5 nitrogen and oxygen atoms in total. The number of aromatic nitrogens is 2. The summed E-state index contributed by atoms with van der Waals surface area (Å²) in [5.74, 6) is 2.05. The van der Waals surface area contributed by atoms with Gasteiger partial charge in [0.2, 0.25) is 5.95 Å². The standard InChI is InChI=1S/C23H26N4O/c1-17(2)18-8-10-20(11-9-18)24-23-25-21(19-6-4-3-5-7-19)16-22(26-23)27-12-14-28-15-13-27/h3-11,16-17H,12-15H2,1-2H3,(H,24,25,26). The fourth-order valence-electron chi connectivity index (χ4n) is 3.28. The van der Waals surface area contributed by atoms with Crippen LogP contribution in [0.4, 0.5) is 17.5 Å². The van der Waals surface area contributed by atoms with E-state index in [-0.39, 0.29) is 0 Å². The van der Waals surface area contributed by atoms with E-state index in [9.17, 15) is 0 Å². The fourth-order valence-corrected chi connectivity index (χ4v) is 3.28. The van der Waals surface area contributed by atoms with Gasteiger partial charge in [-0.2, -0.15) is 4.98 Å². The van der Waals surface area contributed by atoms with E-state index in [1.807, 2.05) is 18.2 Å². The molecule has 1 N–H and O–H groups in total.